The third-order valence-corrected chi connectivity index (χ3v) is 4.55. The predicted octanol–water partition coefficient (Wildman–Crippen LogP) is 1.33. The van der Waals surface area contributed by atoms with Crippen LogP contribution in [0.1, 0.15) is 17.3 Å². The van der Waals surface area contributed by atoms with Gasteiger partial charge < -0.3 is 11.1 Å². The molecule has 0 saturated carbocycles. The molecule has 1 saturated heterocycles. The van der Waals surface area contributed by atoms with Crippen LogP contribution in [-0.4, -0.2) is 37.0 Å². The van der Waals surface area contributed by atoms with E-state index in [0.717, 1.165) is 41.3 Å². The average molecular weight is 318 g/mol. The van der Waals surface area contributed by atoms with Gasteiger partial charge in [-0.3, -0.25) is 9.69 Å². The van der Waals surface area contributed by atoms with E-state index in [1.807, 2.05) is 12.1 Å². The fraction of sp³-hybridized carbons (Fsp3) is 0.545. The molecule has 17 heavy (non-hydrogen) atoms. The zero-order valence-electron chi connectivity index (χ0n) is 9.49. The highest BCUT2D eigenvalue weighted by atomic mass is 79.9. The van der Waals surface area contributed by atoms with E-state index in [-0.39, 0.29) is 11.9 Å². The molecule has 6 heteroatoms. The summed E-state index contributed by atoms with van der Waals surface area (Å²) in [4.78, 5) is 14.9. The number of hydrogen-bond donors (Lipinski definition) is 2. The van der Waals surface area contributed by atoms with Crippen molar-refractivity contribution in [1.82, 2.24) is 10.2 Å². The van der Waals surface area contributed by atoms with E-state index in [4.69, 9.17) is 5.73 Å². The van der Waals surface area contributed by atoms with Gasteiger partial charge >= 0.3 is 0 Å². The number of nitrogens with two attached hydrogens (primary N) is 1. The number of carbonyl (C=O) groups is 1. The Balaban J connectivity index is 2.18. The van der Waals surface area contributed by atoms with Crippen molar-refractivity contribution >= 4 is 33.2 Å². The fourth-order valence-electron chi connectivity index (χ4n) is 2.10. The lowest BCUT2D eigenvalue weighted by Gasteiger charge is -2.26. The smallest absolute Gasteiger partial charge is 0.240 e. The molecule has 4 nitrogen and oxygen atoms in total. The van der Waals surface area contributed by atoms with Gasteiger partial charge in [0.05, 0.1) is 3.79 Å². The minimum atomic E-state index is -0.286. The molecule has 2 heterocycles. The minimum absolute atomic E-state index is 0.263. The summed E-state index contributed by atoms with van der Waals surface area (Å²) in [6.45, 7) is 3.70. The highest BCUT2D eigenvalue weighted by Crippen LogP contribution is 2.30. The van der Waals surface area contributed by atoms with E-state index >= 15 is 0 Å². The van der Waals surface area contributed by atoms with Gasteiger partial charge in [-0.25, -0.2) is 0 Å². The average Bonchev–Trinajstić information content (AvgIpc) is 2.53. The van der Waals surface area contributed by atoms with Crippen LogP contribution in [0.5, 0.6) is 0 Å². The van der Waals surface area contributed by atoms with Crippen molar-refractivity contribution < 1.29 is 4.79 Å². The number of amides is 1. The summed E-state index contributed by atoms with van der Waals surface area (Å²) in [6, 6.07) is 3.65. The Morgan fingerprint density at radius 2 is 2.29 bits per heavy atom. The highest BCUT2D eigenvalue weighted by Gasteiger charge is 2.27. The van der Waals surface area contributed by atoms with Gasteiger partial charge in [-0.1, -0.05) is 0 Å². The molecular formula is C11H16BrN3OS. The van der Waals surface area contributed by atoms with Crippen LogP contribution < -0.4 is 11.1 Å². The van der Waals surface area contributed by atoms with Crippen LogP contribution in [0.4, 0.5) is 0 Å². The van der Waals surface area contributed by atoms with E-state index in [0.29, 0.717) is 0 Å². The van der Waals surface area contributed by atoms with Gasteiger partial charge in [0, 0.05) is 24.5 Å². The molecule has 94 valence electrons. The SMILES string of the molecule is NC(=O)C(c1ccc(Br)s1)N1CCCNCC1. The topological polar surface area (TPSA) is 58.4 Å². The minimum Gasteiger partial charge on any atom is -0.368 e. The predicted molar refractivity (Wildman–Crippen MR) is 73.0 cm³/mol. The number of rotatable bonds is 3. The Hall–Kier alpha value is -0.430. The number of hydrogen-bond acceptors (Lipinski definition) is 4. The molecule has 1 amide bonds. The third-order valence-electron chi connectivity index (χ3n) is 2.87. The van der Waals surface area contributed by atoms with Crippen molar-refractivity contribution in [2.75, 3.05) is 26.2 Å². The molecular weight excluding hydrogens is 302 g/mol. The quantitative estimate of drug-likeness (QED) is 0.884. The van der Waals surface area contributed by atoms with E-state index in [1.54, 1.807) is 11.3 Å². The lowest BCUT2D eigenvalue weighted by Crippen LogP contribution is -2.39. The standard InChI is InChI=1S/C11H16BrN3OS/c12-9-3-2-8(17-9)10(11(13)16)15-6-1-4-14-5-7-15/h2-3,10,14H,1,4-7H2,(H2,13,16). The van der Waals surface area contributed by atoms with E-state index in [2.05, 4.69) is 26.1 Å². The zero-order chi connectivity index (χ0) is 12.3. The second-order valence-electron chi connectivity index (χ2n) is 4.09. The van der Waals surface area contributed by atoms with Gasteiger partial charge in [-0.2, -0.15) is 0 Å². The second kappa shape index (κ2) is 5.95. The molecule has 1 aliphatic rings. The molecule has 0 radical (unpaired) electrons. The summed E-state index contributed by atoms with van der Waals surface area (Å²) in [5.41, 5.74) is 5.55. The Kier molecular flexibility index (Phi) is 4.55. The number of carbonyl (C=O) groups excluding carboxylic acids is 1. The highest BCUT2D eigenvalue weighted by molar-refractivity contribution is 9.11. The lowest BCUT2D eigenvalue weighted by atomic mass is 10.2. The molecule has 0 bridgehead atoms. The largest absolute Gasteiger partial charge is 0.368 e. The summed E-state index contributed by atoms with van der Waals surface area (Å²) in [7, 11) is 0. The van der Waals surface area contributed by atoms with Gasteiger partial charge in [0.25, 0.3) is 0 Å². The Morgan fingerprint density at radius 1 is 1.47 bits per heavy atom. The number of nitrogens with zero attached hydrogens (tertiary/aromatic N) is 1. The van der Waals surface area contributed by atoms with Gasteiger partial charge in [0.2, 0.25) is 5.91 Å². The Bertz CT molecular complexity index is 388. The van der Waals surface area contributed by atoms with Gasteiger partial charge in [-0.05, 0) is 41.0 Å². The van der Waals surface area contributed by atoms with E-state index in [9.17, 15) is 4.79 Å². The molecule has 2 rings (SSSR count). The summed E-state index contributed by atoms with van der Waals surface area (Å²) >= 11 is 5.00. The fourth-order valence-corrected chi connectivity index (χ4v) is 3.67. The maximum Gasteiger partial charge on any atom is 0.240 e. The van der Waals surface area contributed by atoms with E-state index < -0.39 is 0 Å². The van der Waals surface area contributed by atoms with Crippen molar-refractivity contribution in [3.63, 3.8) is 0 Å². The van der Waals surface area contributed by atoms with Crippen LogP contribution >= 0.6 is 27.3 Å². The molecule has 1 aliphatic heterocycles. The third kappa shape index (κ3) is 3.28. The van der Waals surface area contributed by atoms with Gasteiger partial charge in [0.15, 0.2) is 0 Å². The summed E-state index contributed by atoms with van der Waals surface area (Å²) in [5.74, 6) is -0.263. The van der Waals surface area contributed by atoms with Crippen LogP contribution in [-0.2, 0) is 4.79 Å². The molecule has 0 spiro atoms. The summed E-state index contributed by atoms with van der Waals surface area (Å²) in [6.07, 6.45) is 1.05. The van der Waals surface area contributed by atoms with Crippen molar-refractivity contribution in [3.05, 3.63) is 20.8 Å². The van der Waals surface area contributed by atoms with Gasteiger partial charge in [-0.15, -0.1) is 11.3 Å². The van der Waals surface area contributed by atoms with E-state index in [1.165, 1.54) is 0 Å². The molecule has 1 unspecified atom stereocenters. The molecule has 0 aromatic carbocycles. The number of primary amides is 1. The molecule has 1 aromatic heterocycles. The molecule has 1 atom stereocenters. The molecule has 0 aliphatic carbocycles. The first kappa shape index (κ1) is 13.0. The summed E-state index contributed by atoms with van der Waals surface area (Å²) < 4.78 is 1.03. The lowest BCUT2D eigenvalue weighted by molar-refractivity contribution is -0.123. The maximum atomic E-state index is 11.7. The van der Waals surface area contributed by atoms with Crippen molar-refractivity contribution in [1.29, 1.82) is 0 Å². The monoisotopic (exact) mass is 317 g/mol. The van der Waals surface area contributed by atoms with Crippen LogP contribution in [0.15, 0.2) is 15.9 Å². The van der Waals surface area contributed by atoms with Crippen molar-refractivity contribution in [2.45, 2.75) is 12.5 Å². The molecule has 1 aromatic rings. The normalized spacial score (nSPS) is 19.8. The zero-order valence-corrected chi connectivity index (χ0v) is 11.9. The molecule has 3 N–H and O–H groups in total. The second-order valence-corrected chi connectivity index (χ2v) is 6.58. The Morgan fingerprint density at radius 3 is 2.94 bits per heavy atom. The number of halogens is 1. The van der Waals surface area contributed by atoms with Crippen molar-refractivity contribution in [3.8, 4) is 0 Å². The maximum absolute atomic E-state index is 11.7. The number of nitrogens with one attached hydrogen (secondary N) is 1. The first-order valence-corrected chi connectivity index (χ1v) is 7.29. The first-order chi connectivity index (χ1) is 8.18. The van der Waals surface area contributed by atoms with Crippen LogP contribution in [0.2, 0.25) is 0 Å². The Labute approximate surface area is 113 Å². The number of thiophene rings is 1. The van der Waals surface area contributed by atoms with Crippen LogP contribution in [0.25, 0.3) is 0 Å². The van der Waals surface area contributed by atoms with Crippen molar-refractivity contribution in [2.24, 2.45) is 5.73 Å². The summed E-state index contributed by atoms with van der Waals surface area (Å²) in [5, 5.41) is 3.33. The molecule has 1 fully saturated rings. The first-order valence-electron chi connectivity index (χ1n) is 5.68. The van der Waals surface area contributed by atoms with Crippen LogP contribution in [0.3, 0.4) is 0 Å². The van der Waals surface area contributed by atoms with Gasteiger partial charge in [0.1, 0.15) is 6.04 Å². The van der Waals surface area contributed by atoms with Crippen LogP contribution in [0, 0.1) is 0 Å².